The highest BCUT2D eigenvalue weighted by Crippen LogP contribution is 2.24. The lowest BCUT2D eigenvalue weighted by Crippen LogP contribution is -2.24. The standard InChI is InChI=1S/C13H18BrNO3S/c1-3-15-13(16)6-7-19(17)9-10-8-11(14)4-5-12(10)18-2/h4-5,8H,3,6-7,9H2,1-2H3,(H,15,16)/t19-/m1/s1. The Kier molecular flexibility index (Phi) is 7.09. The zero-order chi connectivity index (χ0) is 14.3. The summed E-state index contributed by atoms with van der Waals surface area (Å²) in [4.78, 5) is 11.3. The number of carbonyl (C=O) groups is 1. The van der Waals surface area contributed by atoms with E-state index in [-0.39, 0.29) is 12.3 Å². The maximum atomic E-state index is 12.0. The average molecular weight is 348 g/mol. The normalized spacial score (nSPS) is 11.9. The van der Waals surface area contributed by atoms with Gasteiger partial charge in [0.2, 0.25) is 5.91 Å². The van der Waals surface area contributed by atoms with Crippen LogP contribution in [0.3, 0.4) is 0 Å². The van der Waals surface area contributed by atoms with Crippen LogP contribution in [0.25, 0.3) is 0 Å². The molecule has 1 amide bonds. The van der Waals surface area contributed by atoms with Crippen LogP contribution in [0.2, 0.25) is 0 Å². The summed E-state index contributed by atoms with van der Waals surface area (Å²) in [6.45, 7) is 2.46. The number of hydrogen-bond donors (Lipinski definition) is 1. The summed E-state index contributed by atoms with van der Waals surface area (Å²) in [5, 5.41) is 2.69. The van der Waals surface area contributed by atoms with Gasteiger partial charge in [0.1, 0.15) is 5.75 Å². The molecule has 0 aliphatic rings. The molecule has 0 aliphatic heterocycles. The van der Waals surface area contributed by atoms with Crippen LogP contribution in [-0.2, 0) is 21.3 Å². The molecule has 0 saturated heterocycles. The summed E-state index contributed by atoms with van der Waals surface area (Å²) in [5.41, 5.74) is 0.881. The van der Waals surface area contributed by atoms with Gasteiger partial charge >= 0.3 is 0 Å². The molecule has 0 spiro atoms. The molecule has 1 atom stereocenters. The Labute approximate surface area is 124 Å². The van der Waals surface area contributed by atoms with E-state index >= 15 is 0 Å². The summed E-state index contributed by atoms with van der Waals surface area (Å²) in [6.07, 6.45) is 0.288. The second-order valence-electron chi connectivity index (χ2n) is 3.95. The van der Waals surface area contributed by atoms with Gasteiger partial charge in [0.25, 0.3) is 0 Å². The topological polar surface area (TPSA) is 55.4 Å². The summed E-state index contributed by atoms with van der Waals surface area (Å²) < 4.78 is 18.1. The molecule has 4 nitrogen and oxygen atoms in total. The molecule has 1 aromatic rings. The third kappa shape index (κ3) is 5.74. The quantitative estimate of drug-likeness (QED) is 0.822. The molecular weight excluding hydrogens is 330 g/mol. The Balaban J connectivity index is 2.57. The van der Waals surface area contributed by atoms with Crippen LogP contribution in [0.15, 0.2) is 22.7 Å². The number of rotatable bonds is 7. The summed E-state index contributed by atoms with van der Waals surface area (Å²) >= 11 is 3.38. The highest BCUT2D eigenvalue weighted by Gasteiger charge is 2.10. The third-order valence-corrected chi connectivity index (χ3v) is 4.28. The molecule has 1 rings (SSSR count). The van der Waals surface area contributed by atoms with Crippen molar-refractivity contribution in [3.63, 3.8) is 0 Å². The van der Waals surface area contributed by atoms with Crippen molar-refractivity contribution >= 4 is 32.6 Å². The van der Waals surface area contributed by atoms with E-state index in [0.717, 1.165) is 15.8 Å². The first-order chi connectivity index (χ1) is 9.06. The maximum absolute atomic E-state index is 12.0. The Bertz CT molecular complexity index is 465. The van der Waals surface area contributed by atoms with E-state index in [4.69, 9.17) is 4.74 Å². The summed E-state index contributed by atoms with van der Waals surface area (Å²) in [5.74, 6) is 1.41. The van der Waals surface area contributed by atoms with Crippen molar-refractivity contribution in [2.45, 2.75) is 19.1 Å². The van der Waals surface area contributed by atoms with E-state index in [0.29, 0.717) is 18.1 Å². The zero-order valence-corrected chi connectivity index (χ0v) is 13.5. The summed E-state index contributed by atoms with van der Waals surface area (Å²) in [7, 11) is 0.511. The molecule has 0 fully saturated rings. The Hall–Kier alpha value is -0.880. The minimum Gasteiger partial charge on any atom is -0.496 e. The highest BCUT2D eigenvalue weighted by atomic mass is 79.9. The number of methoxy groups -OCH3 is 1. The van der Waals surface area contributed by atoms with Gasteiger partial charge < -0.3 is 10.1 Å². The van der Waals surface area contributed by atoms with Crippen LogP contribution in [-0.4, -0.2) is 29.5 Å². The molecule has 106 valence electrons. The number of benzene rings is 1. The number of carbonyl (C=O) groups excluding carboxylic acids is 1. The van der Waals surface area contributed by atoms with Crippen LogP contribution in [0.4, 0.5) is 0 Å². The second-order valence-corrected chi connectivity index (χ2v) is 6.44. The molecule has 0 aliphatic carbocycles. The van der Waals surface area contributed by atoms with Crippen LogP contribution in [0, 0.1) is 0 Å². The number of hydrogen-bond acceptors (Lipinski definition) is 3. The SMILES string of the molecule is CCNC(=O)CC[S@@](=O)Cc1cc(Br)ccc1OC. The molecule has 19 heavy (non-hydrogen) atoms. The fraction of sp³-hybridized carbons (Fsp3) is 0.462. The van der Waals surface area contributed by atoms with E-state index in [1.165, 1.54) is 0 Å². The first kappa shape index (κ1) is 16.2. The third-order valence-electron chi connectivity index (χ3n) is 2.49. The molecule has 0 heterocycles. The fourth-order valence-corrected chi connectivity index (χ4v) is 3.14. The van der Waals surface area contributed by atoms with Crippen LogP contribution < -0.4 is 10.1 Å². The molecule has 0 aromatic heterocycles. The van der Waals surface area contributed by atoms with Crippen molar-refractivity contribution in [3.05, 3.63) is 28.2 Å². The van der Waals surface area contributed by atoms with Crippen LogP contribution >= 0.6 is 15.9 Å². The largest absolute Gasteiger partial charge is 0.496 e. The van der Waals surface area contributed by atoms with Gasteiger partial charge in [-0.3, -0.25) is 9.00 Å². The average Bonchev–Trinajstić information content (AvgIpc) is 2.37. The van der Waals surface area contributed by atoms with Crippen molar-refractivity contribution in [1.82, 2.24) is 5.32 Å². The van der Waals surface area contributed by atoms with E-state index < -0.39 is 10.8 Å². The first-order valence-corrected chi connectivity index (χ1v) is 8.29. The van der Waals surface area contributed by atoms with Crippen molar-refractivity contribution < 1.29 is 13.7 Å². The predicted molar refractivity (Wildman–Crippen MR) is 80.7 cm³/mol. The van der Waals surface area contributed by atoms with E-state index in [2.05, 4.69) is 21.2 Å². The van der Waals surface area contributed by atoms with Gasteiger partial charge in [0, 0.05) is 39.6 Å². The van der Waals surface area contributed by atoms with Gasteiger partial charge in [0.05, 0.1) is 12.9 Å². The van der Waals surface area contributed by atoms with Gasteiger partial charge in [0.15, 0.2) is 0 Å². The molecule has 0 bridgehead atoms. The van der Waals surface area contributed by atoms with Crippen LogP contribution in [0.5, 0.6) is 5.75 Å². The second kappa shape index (κ2) is 8.32. The minimum absolute atomic E-state index is 0.0583. The summed E-state index contributed by atoms with van der Waals surface area (Å²) in [6, 6.07) is 5.60. The molecule has 1 aromatic carbocycles. The Morgan fingerprint density at radius 1 is 1.47 bits per heavy atom. The monoisotopic (exact) mass is 347 g/mol. The van der Waals surface area contributed by atoms with Gasteiger partial charge in [-0.15, -0.1) is 0 Å². The number of nitrogens with one attached hydrogen (secondary N) is 1. The van der Waals surface area contributed by atoms with Crippen LogP contribution in [0.1, 0.15) is 18.9 Å². The fourth-order valence-electron chi connectivity index (χ4n) is 1.60. The molecule has 1 N–H and O–H groups in total. The van der Waals surface area contributed by atoms with Crippen molar-refractivity contribution in [3.8, 4) is 5.75 Å². The smallest absolute Gasteiger partial charge is 0.220 e. The predicted octanol–water partition coefficient (Wildman–Crippen LogP) is 2.23. The number of amides is 1. The lowest BCUT2D eigenvalue weighted by molar-refractivity contribution is -0.120. The lowest BCUT2D eigenvalue weighted by Gasteiger charge is -2.09. The van der Waals surface area contributed by atoms with Gasteiger partial charge in [-0.25, -0.2) is 0 Å². The highest BCUT2D eigenvalue weighted by molar-refractivity contribution is 9.10. The molecule has 0 unspecified atom stereocenters. The van der Waals surface area contributed by atoms with Crippen molar-refractivity contribution in [2.24, 2.45) is 0 Å². The minimum atomic E-state index is -1.08. The van der Waals surface area contributed by atoms with Gasteiger partial charge in [-0.05, 0) is 25.1 Å². The maximum Gasteiger partial charge on any atom is 0.220 e. The van der Waals surface area contributed by atoms with Crippen molar-refractivity contribution in [2.75, 3.05) is 19.4 Å². The Morgan fingerprint density at radius 3 is 2.84 bits per heavy atom. The number of halogens is 1. The van der Waals surface area contributed by atoms with E-state index in [9.17, 15) is 9.00 Å². The Morgan fingerprint density at radius 2 is 2.21 bits per heavy atom. The van der Waals surface area contributed by atoms with E-state index in [1.54, 1.807) is 7.11 Å². The van der Waals surface area contributed by atoms with Gasteiger partial charge in [-0.1, -0.05) is 15.9 Å². The van der Waals surface area contributed by atoms with Gasteiger partial charge in [-0.2, -0.15) is 0 Å². The number of ether oxygens (including phenoxy) is 1. The lowest BCUT2D eigenvalue weighted by atomic mass is 10.2. The zero-order valence-electron chi connectivity index (χ0n) is 11.1. The molecule has 0 radical (unpaired) electrons. The molecule has 6 heteroatoms. The van der Waals surface area contributed by atoms with Crippen molar-refractivity contribution in [1.29, 1.82) is 0 Å². The molecular formula is C13H18BrNO3S. The van der Waals surface area contributed by atoms with E-state index in [1.807, 2.05) is 25.1 Å². The molecule has 0 saturated carbocycles. The first-order valence-electron chi connectivity index (χ1n) is 6.01.